The van der Waals surface area contributed by atoms with E-state index in [0.29, 0.717) is 29.9 Å². The fourth-order valence-electron chi connectivity index (χ4n) is 0.263. The second-order valence-electron chi connectivity index (χ2n) is 1.34. The maximum atomic E-state index is 3.66. The molecule has 0 unspecified atom stereocenters. The quantitative estimate of drug-likeness (QED) is 0.384. The van der Waals surface area contributed by atoms with Crippen molar-refractivity contribution in [3.05, 3.63) is 29.5 Å². The van der Waals surface area contributed by atoms with Crippen molar-refractivity contribution < 1.29 is 0 Å². The van der Waals surface area contributed by atoms with Crippen molar-refractivity contribution in [2.45, 2.75) is 10.6 Å². The maximum absolute atomic E-state index is 3.66. The molecule has 0 aromatic rings. The van der Waals surface area contributed by atoms with E-state index in [9.17, 15) is 0 Å². The molecule has 0 nitrogen and oxygen atoms in total. The van der Waals surface area contributed by atoms with Crippen LogP contribution in [0.2, 0.25) is 10.6 Å². The molecule has 0 aliphatic heterocycles. The predicted octanol–water partition coefficient (Wildman–Crippen LogP) is 1.72. The summed E-state index contributed by atoms with van der Waals surface area (Å²) in [6.07, 6.45) is 3.97. The van der Waals surface area contributed by atoms with Gasteiger partial charge in [0.1, 0.15) is 0 Å². The predicted molar refractivity (Wildman–Crippen MR) is 45.8 cm³/mol. The van der Waals surface area contributed by atoms with E-state index in [2.05, 4.69) is 17.4 Å². The Kier molecular flexibility index (Phi) is 9.01. The van der Waals surface area contributed by atoms with Crippen molar-refractivity contribution in [1.29, 1.82) is 0 Å². The molecule has 1 radical (unpaired) electrons. The molecule has 0 bridgehead atoms. The van der Waals surface area contributed by atoms with Crippen LogP contribution in [0.5, 0.6) is 0 Å². The average Bonchev–Trinajstić information content (AvgIpc) is 1.89. The van der Waals surface area contributed by atoms with Crippen molar-refractivity contribution >= 4 is 29.9 Å². The molecule has 0 heterocycles. The van der Waals surface area contributed by atoms with Crippen LogP contribution in [0.15, 0.2) is 25.3 Å². The molecule has 0 aromatic heterocycles. The van der Waals surface area contributed by atoms with E-state index in [1.807, 2.05) is 12.2 Å². The van der Waals surface area contributed by atoms with Crippen LogP contribution in [0.3, 0.4) is 0 Å². The third kappa shape index (κ3) is 8.52. The summed E-state index contributed by atoms with van der Waals surface area (Å²) in [4.78, 5) is 0. The second-order valence-corrected chi connectivity index (χ2v) is 6.64. The molecule has 0 fully saturated rings. The third-order valence-corrected chi connectivity index (χ3v) is 5.90. The van der Waals surface area contributed by atoms with E-state index in [1.54, 1.807) is 0 Å². The minimum atomic E-state index is 0.713. The zero-order chi connectivity index (χ0) is 6.95. The summed E-state index contributed by atoms with van der Waals surface area (Å²) >= 11 is 1.43. The van der Waals surface area contributed by atoms with Gasteiger partial charge in [-0.1, -0.05) is 0 Å². The Labute approximate surface area is 70.1 Å². The molecule has 0 atom stereocenters. The van der Waals surface area contributed by atoms with E-state index >= 15 is 0 Å². The summed E-state index contributed by atoms with van der Waals surface area (Å²) < 4.78 is 2.41. The Morgan fingerprint density at radius 1 is 1.00 bits per heavy atom. The summed E-state index contributed by atoms with van der Waals surface area (Å²) in [6, 6.07) is 0. The Bertz CT molecular complexity index is 69.0. The first-order chi connectivity index (χ1) is 4.41. The van der Waals surface area contributed by atoms with E-state index in [1.165, 1.54) is 10.6 Å². The molecule has 0 saturated carbocycles. The van der Waals surface area contributed by atoms with Gasteiger partial charge in [0.25, 0.3) is 0 Å². The second kappa shape index (κ2) is 8.52. The topological polar surface area (TPSA) is 0 Å². The molecule has 0 aromatic carbocycles. The first kappa shape index (κ1) is 9.52. The van der Waals surface area contributed by atoms with E-state index < -0.39 is 0 Å². The molecule has 51 valence electrons. The summed E-state index contributed by atoms with van der Waals surface area (Å²) in [5.74, 6) is 0. The van der Waals surface area contributed by atoms with Gasteiger partial charge in [-0.05, 0) is 0 Å². The van der Waals surface area contributed by atoms with Gasteiger partial charge >= 0.3 is 70.1 Å². The Hall–Kier alpha value is 0.519. The molecule has 0 aliphatic rings. The molecule has 0 rings (SSSR count). The van der Waals surface area contributed by atoms with Gasteiger partial charge < -0.3 is 0 Å². The van der Waals surface area contributed by atoms with Gasteiger partial charge in [-0.15, -0.1) is 0 Å². The number of allylic oxidation sites excluding steroid dienone is 2. The summed E-state index contributed by atoms with van der Waals surface area (Å²) in [5.41, 5.74) is 0. The molecule has 0 saturated heterocycles. The van der Waals surface area contributed by atoms with Crippen molar-refractivity contribution in [2.75, 3.05) is 0 Å². The van der Waals surface area contributed by atoms with Crippen molar-refractivity contribution in [3.8, 4) is 0 Å². The number of hydrogen-bond acceptors (Lipinski definition) is 0. The van der Waals surface area contributed by atoms with Gasteiger partial charge in [0.15, 0.2) is 0 Å². The van der Waals surface area contributed by atoms with Crippen molar-refractivity contribution in [2.24, 2.45) is 0 Å². The van der Waals surface area contributed by atoms with Gasteiger partial charge in [-0.2, -0.15) is 0 Å². The van der Waals surface area contributed by atoms with Crippen LogP contribution >= 0.6 is 0 Å². The molecular formula is C7H11Se2. The van der Waals surface area contributed by atoms with Crippen molar-refractivity contribution in [3.63, 3.8) is 0 Å². The van der Waals surface area contributed by atoms with Crippen LogP contribution in [-0.4, -0.2) is 29.9 Å². The Morgan fingerprint density at radius 2 is 1.44 bits per heavy atom. The zero-order valence-electron chi connectivity index (χ0n) is 5.38. The Balaban J connectivity index is 2.74. The van der Waals surface area contributed by atoms with Crippen LogP contribution < -0.4 is 0 Å². The van der Waals surface area contributed by atoms with Gasteiger partial charge in [-0.25, -0.2) is 0 Å². The first-order valence-electron chi connectivity index (χ1n) is 2.68. The number of hydrogen-bond donors (Lipinski definition) is 0. The van der Waals surface area contributed by atoms with Crippen molar-refractivity contribution in [1.82, 2.24) is 0 Å². The summed E-state index contributed by atoms with van der Waals surface area (Å²) in [7, 11) is 0. The molecule has 0 aliphatic carbocycles. The Morgan fingerprint density at radius 3 is 1.78 bits per heavy atom. The SMILES string of the molecule is C=CC[Se][CH][Se]CC=C. The minimum absolute atomic E-state index is 0.713. The van der Waals surface area contributed by atoms with E-state index in [-0.39, 0.29) is 0 Å². The molecular weight excluding hydrogens is 242 g/mol. The molecule has 0 amide bonds. The molecule has 9 heavy (non-hydrogen) atoms. The van der Waals surface area contributed by atoms with E-state index in [4.69, 9.17) is 0 Å². The average molecular weight is 253 g/mol. The van der Waals surface area contributed by atoms with Gasteiger partial charge in [0.05, 0.1) is 0 Å². The fourth-order valence-corrected chi connectivity index (χ4v) is 4.13. The van der Waals surface area contributed by atoms with Gasteiger partial charge in [0.2, 0.25) is 0 Å². The standard InChI is InChI=1S/C7H11Se2/c1-3-5-8-7-9-6-4-2/h3-4,7H,1-2,5-6H2. The first-order valence-corrected chi connectivity index (χ1v) is 7.08. The monoisotopic (exact) mass is 255 g/mol. The fraction of sp³-hybridized carbons (Fsp3) is 0.286. The molecule has 2 heteroatoms. The molecule has 0 spiro atoms. The molecule has 0 N–H and O–H groups in total. The van der Waals surface area contributed by atoms with E-state index in [0.717, 1.165) is 0 Å². The summed E-state index contributed by atoms with van der Waals surface area (Å²) in [5, 5.41) is 2.37. The summed E-state index contributed by atoms with van der Waals surface area (Å²) in [6.45, 7) is 7.32. The van der Waals surface area contributed by atoms with Crippen LogP contribution in [0.4, 0.5) is 0 Å². The zero-order valence-corrected chi connectivity index (χ0v) is 8.80. The van der Waals surface area contributed by atoms with Gasteiger partial charge in [-0.3, -0.25) is 0 Å². The van der Waals surface area contributed by atoms with Crippen LogP contribution in [0.1, 0.15) is 0 Å². The van der Waals surface area contributed by atoms with Crippen LogP contribution in [-0.2, 0) is 0 Å². The van der Waals surface area contributed by atoms with Crippen LogP contribution in [0, 0.1) is 4.22 Å². The van der Waals surface area contributed by atoms with Gasteiger partial charge in [0, 0.05) is 0 Å². The normalized spacial score (nSPS) is 8.89. The third-order valence-electron chi connectivity index (χ3n) is 0.564. The number of rotatable bonds is 6. The van der Waals surface area contributed by atoms with Crippen LogP contribution in [0.25, 0.3) is 0 Å².